The summed E-state index contributed by atoms with van der Waals surface area (Å²) >= 11 is 0. The van der Waals surface area contributed by atoms with Crippen molar-refractivity contribution in [3.05, 3.63) is 23.8 Å². The number of anilines is 2. The second-order valence-electron chi connectivity index (χ2n) is 3.99. The molecule has 1 atom stereocenters. The molecule has 1 aromatic rings. The molecule has 3 N–H and O–H groups in total. The van der Waals surface area contributed by atoms with Crippen LogP contribution < -0.4 is 10.6 Å². The van der Waals surface area contributed by atoms with Gasteiger partial charge in [-0.25, -0.2) is 4.79 Å². The Bertz CT molecular complexity index is 465. The zero-order chi connectivity index (χ0) is 13.0. The average molecular weight is 233 g/mol. The Morgan fingerprint density at radius 2 is 2.29 bits per heavy atom. The number of nitrogens with zero attached hydrogens (tertiary/aromatic N) is 2. The van der Waals surface area contributed by atoms with Crippen LogP contribution in [0.2, 0.25) is 0 Å². The quantitative estimate of drug-likeness (QED) is 0.770. The molecule has 17 heavy (non-hydrogen) atoms. The second kappa shape index (κ2) is 5.21. The third-order valence-electron chi connectivity index (χ3n) is 2.46. The van der Waals surface area contributed by atoms with Crippen LogP contribution in [0, 0.1) is 17.2 Å². The highest BCUT2D eigenvalue weighted by Crippen LogP contribution is 2.24. The molecule has 0 aliphatic carbocycles. The molecule has 0 saturated carbocycles. The maximum atomic E-state index is 10.9. The molecule has 0 aliphatic heterocycles. The van der Waals surface area contributed by atoms with Crippen molar-refractivity contribution in [2.45, 2.75) is 6.92 Å². The van der Waals surface area contributed by atoms with E-state index < -0.39 is 5.97 Å². The smallest absolute Gasteiger partial charge is 0.335 e. The minimum absolute atomic E-state index is 0.145. The highest BCUT2D eigenvalue weighted by atomic mass is 16.4. The summed E-state index contributed by atoms with van der Waals surface area (Å²) in [7, 11) is 1.78. The van der Waals surface area contributed by atoms with E-state index in [2.05, 4.69) is 6.07 Å². The number of carbonyl (C=O) groups is 1. The van der Waals surface area contributed by atoms with Gasteiger partial charge in [0, 0.05) is 13.6 Å². The van der Waals surface area contributed by atoms with Crippen molar-refractivity contribution >= 4 is 17.3 Å². The van der Waals surface area contributed by atoms with Gasteiger partial charge in [0.05, 0.1) is 28.9 Å². The van der Waals surface area contributed by atoms with Crippen molar-refractivity contribution in [3.8, 4) is 6.07 Å². The number of carboxylic acid groups (broad SMARTS) is 1. The molecule has 1 aromatic carbocycles. The lowest BCUT2D eigenvalue weighted by Gasteiger charge is -2.22. The van der Waals surface area contributed by atoms with Gasteiger partial charge in [0.2, 0.25) is 0 Å². The number of carboxylic acids is 1. The fourth-order valence-electron chi connectivity index (χ4n) is 1.56. The van der Waals surface area contributed by atoms with E-state index in [0.717, 1.165) is 0 Å². The van der Waals surface area contributed by atoms with E-state index in [1.807, 2.05) is 0 Å². The van der Waals surface area contributed by atoms with Crippen molar-refractivity contribution in [1.29, 1.82) is 5.26 Å². The van der Waals surface area contributed by atoms with Gasteiger partial charge in [0.1, 0.15) is 0 Å². The van der Waals surface area contributed by atoms with Crippen LogP contribution in [-0.2, 0) is 0 Å². The molecule has 1 unspecified atom stereocenters. The SMILES string of the molecule is CC(C#N)CN(C)c1cc(C(=O)O)ccc1N. The molecule has 0 spiro atoms. The number of nitrogen functional groups attached to an aromatic ring is 1. The van der Waals surface area contributed by atoms with Crippen LogP contribution in [0.25, 0.3) is 0 Å². The first-order chi connectivity index (χ1) is 7.95. The van der Waals surface area contributed by atoms with E-state index in [4.69, 9.17) is 16.1 Å². The number of benzene rings is 1. The van der Waals surface area contributed by atoms with Crippen molar-refractivity contribution < 1.29 is 9.90 Å². The maximum Gasteiger partial charge on any atom is 0.335 e. The molecule has 0 aromatic heterocycles. The molecular weight excluding hydrogens is 218 g/mol. The summed E-state index contributed by atoms with van der Waals surface area (Å²) in [6.07, 6.45) is 0. The molecule has 90 valence electrons. The summed E-state index contributed by atoms with van der Waals surface area (Å²) in [5.74, 6) is -1.14. The van der Waals surface area contributed by atoms with E-state index in [9.17, 15) is 4.79 Å². The van der Waals surface area contributed by atoms with Crippen molar-refractivity contribution in [3.63, 3.8) is 0 Å². The van der Waals surface area contributed by atoms with E-state index in [1.165, 1.54) is 12.1 Å². The van der Waals surface area contributed by atoms with Gasteiger partial charge in [0.25, 0.3) is 0 Å². The molecule has 5 nitrogen and oxygen atoms in total. The first-order valence-corrected chi connectivity index (χ1v) is 5.19. The van der Waals surface area contributed by atoms with Crippen LogP contribution in [0.1, 0.15) is 17.3 Å². The number of rotatable bonds is 4. The monoisotopic (exact) mass is 233 g/mol. The van der Waals surface area contributed by atoms with Gasteiger partial charge in [-0.2, -0.15) is 5.26 Å². The molecule has 0 bridgehead atoms. The third kappa shape index (κ3) is 3.11. The highest BCUT2D eigenvalue weighted by molar-refractivity contribution is 5.90. The molecule has 1 rings (SSSR count). The standard InChI is InChI=1S/C12H15N3O2/c1-8(6-13)7-15(2)11-5-9(12(16)17)3-4-10(11)14/h3-5,8H,7,14H2,1-2H3,(H,16,17). The summed E-state index contributed by atoms with van der Waals surface area (Å²) in [4.78, 5) is 12.6. The van der Waals surface area contributed by atoms with Crippen LogP contribution >= 0.6 is 0 Å². The van der Waals surface area contributed by atoms with Crippen molar-refractivity contribution in [2.75, 3.05) is 24.2 Å². The average Bonchev–Trinajstić information content (AvgIpc) is 2.28. The minimum Gasteiger partial charge on any atom is -0.478 e. The van der Waals surface area contributed by atoms with Crippen LogP contribution in [-0.4, -0.2) is 24.7 Å². The Morgan fingerprint density at radius 3 is 2.82 bits per heavy atom. The number of hydrogen-bond donors (Lipinski definition) is 2. The molecule has 0 fully saturated rings. The summed E-state index contributed by atoms with van der Waals surface area (Å²) in [5.41, 5.74) is 7.11. The van der Waals surface area contributed by atoms with Gasteiger partial charge in [-0.05, 0) is 25.1 Å². The molecular formula is C12H15N3O2. The summed E-state index contributed by atoms with van der Waals surface area (Å²) in [5, 5.41) is 17.6. The highest BCUT2D eigenvalue weighted by Gasteiger charge is 2.12. The van der Waals surface area contributed by atoms with Crippen LogP contribution in [0.5, 0.6) is 0 Å². The predicted octanol–water partition coefficient (Wildman–Crippen LogP) is 1.56. The normalized spacial score (nSPS) is 11.6. The molecule has 0 radical (unpaired) electrons. The van der Waals surface area contributed by atoms with Gasteiger partial charge in [0.15, 0.2) is 0 Å². The second-order valence-corrected chi connectivity index (χ2v) is 3.99. The topological polar surface area (TPSA) is 90.3 Å². The van der Waals surface area contributed by atoms with E-state index in [1.54, 1.807) is 24.9 Å². The zero-order valence-electron chi connectivity index (χ0n) is 9.84. The number of nitrogens with two attached hydrogens (primary N) is 1. The van der Waals surface area contributed by atoms with Crippen LogP contribution in [0.4, 0.5) is 11.4 Å². The first-order valence-electron chi connectivity index (χ1n) is 5.19. The van der Waals surface area contributed by atoms with Crippen molar-refractivity contribution in [1.82, 2.24) is 0 Å². The first kappa shape index (κ1) is 12.8. The molecule has 0 aliphatic rings. The van der Waals surface area contributed by atoms with Crippen molar-refractivity contribution in [2.24, 2.45) is 5.92 Å². The fraction of sp³-hybridized carbons (Fsp3) is 0.333. The summed E-state index contributed by atoms with van der Waals surface area (Å²) in [6, 6.07) is 6.66. The van der Waals surface area contributed by atoms with E-state index in [-0.39, 0.29) is 11.5 Å². The Kier molecular flexibility index (Phi) is 3.94. The fourth-order valence-corrected chi connectivity index (χ4v) is 1.56. The van der Waals surface area contributed by atoms with Crippen LogP contribution in [0.15, 0.2) is 18.2 Å². The molecule has 5 heteroatoms. The molecule has 0 saturated heterocycles. The van der Waals surface area contributed by atoms with Crippen LogP contribution in [0.3, 0.4) is 0 Å². The number of hydrogen-bond acceptors (Lipinski definition) is 4. The molecule has 0 amide bonds. The largest absolute Gasteiger partial charge is 0.478 e. The number of aromatic carboxylic acids is 1. The third-order valence-corrected chi connectivity index (χ3v) is 2.46. The zero-order valence-corrected chi connectivity index (χ0v) is 9.84. The van der Waals surface area contributed by atoms with E-state index in [0.29, 0.717) is 17.9 Å². The minimum atomic E-state index is -0.993. The summed E-state index contributed by atoms with van der Waals surface area (Å²) in [6.45, 7) is 2.30. The Labute approximate surface area is 100 Å². The lowest BCUT2D eigenvalue weighted by Crippen LogP contribution is -2.24. The Hall–Kier alpha value is -2.22. The lowest BCUT2D eigenvalue weighted by atomic mass is 10.1. The van der Waals surface area contributed by atoms with Gasteiger partial charge in [-0.1, -0.05) is 0 Å². The van der Waals surface area contributed by atoms with E-state index >= 15 is 0 Å². The Morgan fingerprint density at radius 1 is 1.65 bits per heavy atom. The Balaban J connectivity index is 3.00. The van der Waals surface area contributed by atoms with Gasteiger partial charge in [-0.15, -0.1) is 0 Å². The predicted molar refractivity (Wildman–Crippen MR) is 65.9 cm³/mol. The van der Waals surface area contributed by atoms with Gasteiger partial charge >= 0.3 is 5.97 Å². The molecule has 0 heterocycles. The maximum absolute atomic E-state index is 10.9. The number of nitriles is 1. The van der Waals surface area contributed by atoms with Gasteiger partial charge < -0.3 is 15.7 Å². The van der Waals surface area contributed by atoms with Gasteiger partial charge in [-0.3, -0.25) is 0 Å². The lowest BCUT2D eigenvalue weighted by molar-refractivity contribution is 0.0697. The summed E-state index contributed by atoms with van der Waals surface area (Å²) < 4.78 is 0.